The minimum atomic E-state index is -1.88. The normalized spacial score (nSPS) is 14.1. The van der Waals surface area contributed by atoms with E-state index >= 15 is 0 Å². The van der Waals surface area contributed by atoms with Gasteiger partial charge in [0.1, 0.15) is 18.8 Å². The minimum absolute atomic E-state index is 0.127. The minimum Gasteiger partial charge on any atom is -0.458 e. The van der Waals surface area contributed by atoms with Gasteiger partial charge in [-0.15, -0.1) is 0 Å². The van der Waals surface area contributed by atoms with Gasteiger partial charge in [0, 0.05) is 0 Å². The zero-order chi connectivity index (χ0) is 25.9. The van der Waals surface area contributed by atoms with Gasteiger partial charge < -0.3 is 29.5 Å². The first-order valence-electron chi connectivity index (χ1n) is 11.1. The Morgan fingerprint density at radius 1 is 0.639 bits per heavy atom. The van der Waals surface area contributed by atoms with Crippen molar-refractivity contribution in [2.45, 2.75) is 24.4 Å². The highest BCUT2D eigenvalue weighted by atomic mass is 16.6. The summed E-state index contributed by atoms with van der Waals surface area (Å²) in [6, 6.07) is 23.7. The summed E-state index contributed by atoms with van der Waals surface area (Å²) in [4.78, 5) is 38.1. The van der Waals surface area contributed by atoms with E-state index in [-0.39, 0.29) is 16.7 Å². The van der Waals surface area contributed by atoms with E-state index in [1.807, 2.05) is 0 Å². The molecule has 0 radical (unpaired) electrons. The van der Waals surface area contributed by atoms with E-state index in [2.05, 4.69) is 0 Å². The Morgan fingerprint density at radius 2 is 1.06 bits per heavy atom. The van der Waals surface area contributed by atoms with E-state index in [4.69, 9.17) is 14.2 Å². The number of rotatable bonds is 11. The molecule has 0 spiro atoms. The van der Waals surface area contributed by atoms with Gasteiger partial charge in [-0.3, -0.25) is 0 Å². The summed E-state index contributed by atoms with van der Waals surface area (Å²) in [5, 5.41) is 30.2. The Morgan fingerprint density at radius 3 is 1.50 bits per heavy atom. The first-order chi connectivity index (χ1) is 17.4. The lowest BCUT2D eigenvalue weighted by Gasteiger charge is -2.31. The van der Waals surface area contributed by atoms with Crippen molar-refractivity contribution in [3.63, 3.8) is 0 Å². The van der Waals surface area contributed by atoms with Crippen molar-refractivity contribution in [3.8, 4) is 0 Å². The second-order valence-corrected chi connectivity index (χ2v) is 7.75. The standard InChI is InChI=1S/C27H26O9/c28-16-21(29)23(30)24(36-27(33)20-14-8-3-9-15-20)22(35-26(32)19-12-6-2-7-13-19)17-34-25(31)18-10-4-1-5-11-18/h1-15,21-24,28-30H,16-17H2/t21-,22-,23-,24-/m1/s1. The van der Waals surface area contributed by atoms with Gasteiger partial charge in [-0.25, -0.2) is 14.4 Å². The van der Waals surface area contributed by atoms with Crippen LogP contribution in [0.2, 0.25) is 0 Å². The number of esters is 3. The Hall–Kier alpha value is -4.05. The lowest BCUT2D eigenvalue weighted by Crippen LogP contribution is -2.51. The van der Waals surface area contributed by atoms with Gasteiger partial charge in [-0.2, -0.15) is 0 Å². The molecular formula is C27H26O9. The highest BCUT2D eigenvalue weighted by Crippen LogP contribution is 2.18. The second-order valence-electron chi connectivity index (χ2n) is 7.75. The number of benzene rings is 3. The Balaban J connectivity index is 1.89. The molecule has 0 aliphatic carbocycles. The first-order valence-corrected chi connectivity index (χ1v) is 11.1. The van der Waals surface area contributed by atoms with Crippen LogP contribution in [-0.2, 0) is 14.2 Å². The lowest BCUT2D eigenvalue weighted by molar-refractivity contribution is -0.132. The summed E-state index contributed by atoms with van der Waals surface area (Å²) >= 11 is 0. The Bertz CT molecular complexity index is 1120. The SMILES string of the molecule is O=C(OC[C@@H](OC(=O)c1ccccc1)[C@@H](OC(=O)c1ccccc1)[C@H](O)[C@H](O)CO)c1ccccc1. The molecule has 3 rings (SSSR count). The smallest absolute Gasteiger partial charge is 0.338 e. The maximum absolute atomic E-state index is 12.8. The van der Waals surface area contributed by atoms with E-state index in [9.17, 15) is 29.7 Å². The summed E-state index contributed by atoms with van der Waals surface area (Å²) in [6.45, 7) is -1.49. The van der Waals surface area contributed by atoms with Crippen LogP contribution >= 0.6 is 0 Å². The maximum atomic E-state index is 12.8. The fraction of sp³-hybridized carbons (Fsp3) is 0.222. The number of hydrogen-bond donors (Lipinski definition) is 3. The number of carbonyl (C=O) groups is 3. The van der Waals surface area contributed by atoms with Gasteiger partial charge in [0.15, 0.2) is 12.2 Å². The van der Waals surface area contributed by atoms with Crippen LogP contribution in [0.25, 0.3) is 0 Å². The van der Waals surface area contributed by atoms with Crippen molar-refractivity contribution in [2.75, 3.05) is 13.2 Å². The highest BCUT2D eigenvalue weighted by molar-refractivity contribution is 5.91. The third-order valence-corrected chi connectivity index (χ3v) is 5.19. The maximum Gasteiger partial charge on any atom is 0.338 e. The molecule has 0 bridgehead atoms. The largest absolute Gasteiger partial charge is 0.458 e. The van der Waals surface area contributed by atoms with Gasteiger partial charge in [-0.1, -0.05) is 54.6 Å². The average Bonchev–Trinajstić information content (AvgIpc) is 2.94. The van der Waals surface area contributed by atoms with Crippen molar-refractivity contribution in [1.29, 1.82) is 0 Å². The summed E-state index contributed by atoms with van der Waals surface area (Å²) in [6.07, 6.45) is -6.86. The van der Waals surface area contributed by atoms with Crippen LogP contribution in [0.1, 0.15) is 31.1 Å². The Kier molecular flexibility index (Phi) is 9.70. The number of ether oxygens (including phenoxy) is 3. The van der Waals surface area contributed by atoms with Gasteiger partial charge >= 0.3 is 17.9 Å². The average molecular weight is 494 g/mol. The molecule has 3 N–H and O–H groups in total. The molecule has 0 unspecified atom stereocenters. The van der Waals surface area contributed by atoms with Crippen molar-refractivity contribution in [1.82, 2.24) is 0 Å². The van der Waals surface area contributed by atoms with Gasteiger partial charge in [0.25, 0.3) is 0 Å². The zero-order valence-electron chi connectivity index (χ0n) is 19.2. The van der Waals surface area contributed by atoms with Gasteiger partial charge in [0.2, 0.25) is 0 Å². The summed E-state index contributed by atoms with van der Waals surface area (Å²) in [7, 11) is 0. The van der Waals surface area contributed by atoms with Gasteiger partial charge in [-0.05, 0) is 36.4 Å². The molecule has 3 aromatic carbocycles. The van der Waals surface area contributed by atoms with E-state index in [1.165, 1.54) is 36.4 Å². The summed E-state index contributed by atoms with van der Waals surface area (Å²) in [5.41, 5.74) is 0.504. The number of aliphatic hydroxyl groups is 3. The molecule has 188 valence electrons. The molecule has 0 saturated heterocycles. The predicted molar refractivity (Wildman–Crippen MR) is 127 cm³/mol. The van der Waals surface area contributed by atoms with Crippen molar-refractivity contribution in [3.05, 3.63) is 108 Å². The van der Waals surface area contributed by atoms with E-state index in [0.29, 0.717) is 0 Å². The van der Waals surface area contributed by atoms with E-state index < -0.39 is 55.5 Å². The van der Waals surface area contributed by atoms with Crippen molar-refractivity contribution in [2.24, 2.45) is 0 Å². The number of carbonyl (C=O) groups excluding carboxylic acids is 3. The van der Waals surface area contributed by atoms with Gasteiger partial charge in [0.05, 0.1) is 23.3 Å². The molecule has 0 saturated carbocycles. The van der Waals surface area contributed by atoms with E-state index in [1.54, 1.807) is 54.6 Å². The van der Waals surface area contributed by atoms with Crippen LogP contribution in [0.5, 0.6) is 0 Å². The quantitative estimate of drug-likeness (QED) is 0.270. The molecule has 0 amide bonds. The van der Waals surface area contributed by atoms with E-state index in [0.717, 1.165) is 0 Å². The molecule has 3 aromatic rings. The second kappa shape index (κ2) is 13.1. The van der Waals surface area contributed by atoms with Crippen LogP contribution in [0, 0.1) is 0 Å². The molecule has 0 aliphatic rings. The first kappa shape index (κ1) is 26.6. The molecule has 0 aromatic heterocycles. The highest BCUT2D eigenvalue weighted by Gasteiger charge is 2.39. The fourth-order valence-corrected chi connectivity index (χ4v) is 3.25. The third-order valence-electron chi connectivity index (χ3n) is 5.19. The monoisotopic (exact) mass is 494 g/mol. The summed E-state index contributed by atoms with van der Waals surface area (Å²) < 4.78 is 16.2. The molecule has 0 heterocycles. The topological polar surface area (TPSA) is 140 Å². The molecule has 36 heavy (non-hydrogen) atoms. The fourth-order valence-electron chi connectivity index (χ4n) is 3.25. The zero-order valence-corrected chi connectivity index (χ0v) is 19.2. The molecule has 9 nitrogen and oxygen atoms in total. The third kappa shape index (κ3) is 7.22. The molecule has 0 aliphatic heterocycles. The molecule has 9 heteroatoms. The van der Waals surface area contributed by atoms with Crippen molar-refractivity contribution < 1.29 is 43.9 Å². The van der Waals surface area contributed by atoms with Crippen LogP contribution < -0.4 is 0 Å². The lowest BCUT2D eigenvalue weighted by atomic mass is 10.0. The predicted octanol–water partition coefficient (Wildman–Crippen LogP) is 2.01. The van der Waals surface area contributed by atoms with Crippen molar-refractivity contribution >= 4 is 17.9 Å². The Labute approximate surface area is 207 Å². The van der Waals surface area contributed by atoms with Crippen LogP contribution in [0.3, 0.4) is 0 Å². The molecule has 0 fully saturated rings. The molecular weight excluding hydrogens is 468 g/mol. The van der Waals surface area contributed by atoms with Crippen LogP contribution in [0.15, 0.2) is 91.0 Å². The summed E-state index contributed by atoms with van der Waals surface area (Å²) in [5.74, 6) is -2.48. The number of aliphatic hydroxyl groups excluding tert-OH is 3. The van der Waals surface area contributed by atoms with Crippen LogP contribution in [0.4, 0.5) is 0 Å². The molecule has 4 atom stereocenters. The number of hydrogen-bond acceptors (Lipinski definition) is 9. The van der Waals surface area contributed by atoms with Crippen LogP contribution in [-0.4, -0.2) is 70.9 Å².